The number of benzene rings is 2. The van der Waals surface area contributed by atoms with Crippen molar-refractivity contribution in [3.8, 4) is 0 Å². The van der Waals surface area contributed by atoms with Gasteiger partial charge in [0.2, 0.25) is 0 Å². The highest BCUT2D eigenvalue weighted by molar-refractivity contribution is 5.53. The third-order valence-electron chi connectivity index (χ3n) is 2.92. The van der Waals surface area contributed by atoms with E-state index >= 15 is 0 Å². The molecule has 2 rings (SSSR count). The third kappa shape index (κ3) is 3.71. The molecule has 0 heterocycles. The molecule has 4 heteroatoms. The van der Waals surface area contributed by atoms with Gasteiger partial charge in [-0.15, -0.1) is 0 Å². The average Bonchev–Trinajstić information content (AvgIpc) is 2.44. The minimum atomic E-state index is -0.0730. The lowest BCUT2D eigenvalue weighted by atomic mass is 10.0. The molecular weight excluding hydrogens is 240 g/mol. The maximum atomic E-state index is 8.96. The van der Waals surface area contributed by atoms with Crippen LogP contribution in [-0.4, -0.2) is 23.7 Å². The summed E-state index contributed by atoms with van der Waals surface area (Å²) in [5, 5.41) is 23.5. The Morgan fingerprint density at radius 1 is 0.789 bits per heavy atom. The van der Waals surface area contributed by atoms with Crippen LogP contribution in [0.5, 0.6) is 0 Å². The van der Waals surface area contributed by atoms with Gasteiger partial charge in [0, 0.05) is 11.4 Å². The van der Waals surface area contributed by atoms with Crippen LogP contribution in [0.25, 0.3) is 0 Å². The van der Waals surface area contributed by atoms with Crippen LogP contribution >= 0.6 is 0 Å². The molecule has 4 N–H and O–H groups in total. The zero-order chi connectivity index (χ0) is 13.5. The summed E-state index contributed by atoms with van der Waals surface area (Å²) in [6.45, 7) is -0.140. The highest BCUT2D eigenvalue weighted by Gasteiger charge is 2.02. The smallest absolute Gasteiger partial charge is 0.113 e. The largest absolute Gasteiger partial charge is 0.377 e. The molecule has 0 aliphatic heterocycles. The maximum Gasteiger partial charge on any atom is 0.113 e. The molecular formula is C15H18N2O2. The van der Waals surface area contributed by atoms with Crippen molar-refractivity contribution in [3.05, 3.63) is 59.7 Å². The summed E-state index contributed by atoms with van der Waals surface area (Å²) in [5.74, 6) is 0. The van der Waals surface area contributed by atoms with Crippen molar-refractivity contribution in [1.29, 1.82) is 0 Å². The Hall–Kier alpha value is -2.04. The van der Waals surface area contributed by atoms with Gasteiger partial charge in [-0.2, -0.15) is 0 Å². The van der Waals surface area contributed by atoms with Crippen LogP contribution < -0.4 is 10.6 Å². The van der Waals surface area contributed by atoms with Gasteiger partial charge in [0.05, 0.1) is 0 Å². The number of aliphatic hydroxyl groups excluding tert-OH is 2. The standard InChI is InChI=1S/C15H18N2O2/c18-10-16-14-7-5-12(6-8-14)9-13-3-1-2-4-15(13)17-11-19/h1-8,16-19H,9-11H2. The minimum absolute atomic E-state index is 0.0669. The van der Waals surface area contributed by atoms with Gasteiger partial charge in [0.25, 0.3) is 0 Å². The number of hydrogen-bond donors (Lipinski definition) is 4. The van der Waals surface area contributed by atoms with Gasteiger partial charge in [0.15, 0.2) is 0 Å². The molecule has 0 spiro atoms. The van der Waals surface area contributed by atoms with Crippen LogP contribution in [0.2, 0.25) is 0 Å². The van der Waals surface area contributed by atoms with Crippen molar-refractivity contribution in [2.75, 3.05) is 24.1 Å². The fourth-order valence-corrected chi connectivity index (χ4v) is 1.98. The van der Waals surface area contributed by atoms with E-state index < -0.39 is 0 Å². The molecule has 0 fully saturated rings. The van der Waals surface area contributed by atoms with Crippen LogP contribution in [0, 0.1) is 0 Å². The fraction of sp³-hybridized carbons (Fsp3) is 0.200. The van der Waals surface area contributed by atoms with Gasteiger partial charge in [-0.3, -0.25) is 0 Å². The lowest BCUT2D eigenvalue weighted by Gasteiger charge is -2.10. The highest BCUT2D eigenvalue weighted by atomic mass is 16.3. The van der Waals surface area contributed by atoms with Crippen molar-refractivity contribution >= 4 is 11.4 Å². The average molecular weight is 258 g/mol. The van der Waals surface area contributed by atoms with Crippen LogP contribution in [0.15, 0.2) is 48.5 Å². The molecule has 19 heavy (non-hydrogen) atoms. The predicted octanol–water partition coefficient (Wildman–Crippen LogP) is 2.00. The summed E-state index contributed by atoms with van der Waals surface area (Å²) in [4.78, 5) is 0. The first-order chi connectivity index (χ1) is 9.33. The van der Waals surface area contributed by atoms with E-state index in [1.54, 1.807) is 0 Å². The quantitative estimate of drug-likeness (QED) is 0.598. The van der Waals surface area contributed by atoms with E-state index in [9.17, 15) is 0 Å². The van der Waals surface area contributed by atoms with Gasteiger partial charge in [-0.1, -0.05) is 30.3 Å². The van der Waals surface area contributed by atoms with E-state index in [4.69, 9.17) is 10.2 Å². The summed E-state index contributed by atoms with van der Waals surface area (Å²) in [6.07, 6.45) is 0.794. The number of hydrogen-bond acceptors (Lipinski definition) is 4. The normalized spacial score (nSPS) is 10.2. The molecule has 2 aromatic carbocycles. The Kier molecular flexibility index (Phi) is 4.78. The molecule has 0 unspecified atom stereocenters. The molecule has 0 radical (unpaired) electrons. The van der Waals surface area contributed by atoms with Gasteiger partial charge >= 0.3 is 0 Å². The van der Waals surface area contributed by atoms with Crippen LogP contribution in [0.4, 0.5) is 11.4 Å². The van der Waals surface area contributed by atoms with Gasteiger partial charge in [0.1, 0.15) is 13.5 Å². The summed E-state index contributed by atoms with van der Waals surface area (Å²) < 4.78 is 0. The first kappa shape index (κ1) is 13.4. The van der Waals surface area contributed by atoms with E-state index in [1.807, 2.05) is 48.5 Å². The second kappa shape index (κ2) is 6.78. The topological polar surface area (TPSA) is 64.5 Å². The van der Waals surface area contributed by atoms with E-state index in [-0.39, 0.29) is 13.5 Å². The minimum Gasteiger partial charge on any atom is -0.377 e. The SMILES string of the molecule is OCNc1ccc(Cc2ccccc2NCO)cc1. The van der Waals surface area contributed by atoms with Gasteiger partial charge in [-0.25, -0.2) is 0 Å². The van der Waals surface area contributed by atoms with E-state index in [2.05, 4.69) is 10.6 Å². The second-order valence-electron chi connectivity index (χ2n) is 4.20. The summed E-state index contributed by atoms with van der Waals surface area (Å²) in [6, 6.07) is 15.8. The monoisotopic (exact) mass is 258 g/mol. The first-order valence-corrected chi connectivity index (χ1v) is 6.20. The fourth-order valence-electron chi connectivity index (χ4n) is 1.98. The molecule has 0 aromatic heterocycles. The van der Waals surface area contributed by atoms with Crippen molar-refractivity contribution in [3.63, 3.8) is 0 Å². The Morgan fingerprint density at radius 3 is 2.16 bits per heavy atom. The van der Waals surface area contributed by atoms with E-state index in [1.165, 1.54) is 5.56 Å². The van der Waals surface area contributed by atoms with Gasteiger partial charge < -0.3 is 20.8 Å². The Morgan fingerprint density at radius 2 is 1.47 bits per heavy atom. The summed E-state index contributed by atoms with van der Waals surface area (Å²) in [7, 11) is 0. The third-order valence-corrected chi connectivity index (χ3v) is 2.92. The Balaban J connectivity index is 2.12. The lowest BCUT2D eigenvalue weighted by Crippen LogP contribution is -2.03. The number of rotatable bonds is 6. The molecule has 100 valence electrons. The van der Waals surface area contributed by atoms with Crippen molar-refractivity contribution in [2.24, 2.45) is 0 Å². The van der Waals surface area contributed by atoms with E-state index in [0.29, 0.717) is 0 Å². The van der Waals surface area contributed by atoms with Crippen LogP contribution in [-0.2, 0) is 6.42 Å². The van der Waals surface area contributed by atoms with Crippen LogP contribution in [0.3, 0.4) is 0 Å². The van der Waals surface area contributed by atoms with Crippen LogP contribution in [0.1, 0.15) is 11.1 Å². The molecule has 0 bridgehead atoms. The lowest BCUT2D eigenvalue weighted by molar-refractivity contribution is 0.325. The Labute approximate surface area is 112 Å². The number of nitrogens with one attached hydrogen (secondary N) is 2. The van der Waals surface area contributed by atoms with Crippen molar-refractivity contribution in [1.82, 2.24) is 0 Å². The van der Waals surface area contributed by atoms with E-state index in [0.717, 1.165) is 23.4 Å². The molecule has 0 aliphatic rings. The molecule has 0 amide bonds. The summed E-state index contributed by atoms with van der Waals surface area (Å²) >= 11 is 0. The molecule has 0 saturated heterocycles. The molecule has 0 saturated carbocycles. The van der Waals surface area contributed by atoms with Crippen molar-refractivity contribution < 1.29 is 10.2 Å². The molecule has 2 aromatic rings. The molecule has 0 atom stereocenters. The highest BCUT2D eigenvalue weighted by Crippen LogP contribution is 2.19. The number of para-hydroxylation sites is 1. The Bertz CT molecular complexity index is 512. The number of aliphatic hydroxyl groups is 2. The zero-order valence-corrected chi connectivity index (χ0v) is 10.6. The predicted molar refractivity (Wildman–Crippen MR) is 77.1 cm³/mol. The molecule has 0 aliphatic carbocycles. The maximum absolute atomic E-state index is 8.96. The zero-order valence-electron chi connectivity index (χ0n) is 10.6. The van der Waals surface area contributed by atoms with Gasteiger partial charge in [-0.05, 0) is 35.7 Å². The van der Waals surface area contributed by atoms with Crippen molar-refractivity contribution in [2.45, 2.75) is 6.42 Å². The second-order valence-corrected chi connectivity index (χ2v) is 4.20. The molecule has 4 nitrogen and oxygen atoms in total. The number of anilines is 2. The summed E-state index contributed by atoms with van der Waals surface area (Å²) in [5.41, 5.74) is 4.16. The first-order valence-electron chi connectivity index (χ1n) is 6.20.